The number of nitrogens with zero attached hydrogens (tertiary/aromatic N) is 1. The molecule has 8 heteroatoms. The van der Waals surface area contributed by atoms with Crippen LogP contribution in [0.1, 0.15) is 6.92 Å². The lowest BCUT2D eigenvalue weighted by Gasteiger charge is -2.06. The molecule has 1 aromatic carbocycles. The number of hydrogen-bond acceptors (Lipinski definition) is 6. The zero-order valence-electron chi connectivity index (χ0n) is 8.94. The fourth-order valence-corrected chi connectivity index (χ4v) is 2.03. The van der Waals surface area contributed by atoms with Crippen LogP contribution in [-0.4, -0.2) is 31.2 Å². The lowest BCUT2D eigenvalue weighted by Crippen LogP contribution is -2.15. The maximum Gasteiger partial charge on any atom is 0.297 e. The Labute approximate surface area is 97.9 Å². The summed E-state index contributed by atoms with van der Waals surface area (Å²) in [5.74, 6) is 0. The van der Waals surface area contributed by atoms with E-state index < -0.39 is 27.8 Å². The molecule has 1 N–H and O–H groups in total. The van der Waals surface area contributed by atoms with Crippen molar-refractivity contribution in [3.8, 4) is 0 Å². The summed E-state index contributed by atoms with van der Waals surface area (Å²) in [6, 6.07) is 4.51. The van der Waals surface area contributed by atoms with Gasteiger partial charge < -0.3 is 5.11 Å². The van der Waals surface area contributed by atoms with Gasteiger partial charge in [0.25, 0.3) is 15.8 Å². The van der Waals surface area contributed by atoms with E-state index in [1.54, 1.807) is 0 Å². The third kappa shape index (κ3) is 3.77. The summed E-state index contributed by atoms with van der Waals surface area (Å²) in [5.41, 5.74) is -0.341. The molecule has 17 heavy (non-hydrogen) atoms. The Kier molecular flexibility index (Phi) is 4.16. The van der Waals surface area contributed by atoms with Crippen molar-refractivity contribution < 1.29 is 22.6 Å². The van der Waals surface area contributed by atoms with Gasteiger partial charge in [0.1, 0.15) is 4.90 Å². The van der Waals surface area contributed by atoms with Crippen molar-refractivity contribution in [2.75, 3.05) is 6.61 Å². The lowest BCUT2D eigenvalue weighted by molar-refractivity contribution is -0.385. The third-order valence-electron chi connectivity index (χ3n) is 1.78. The molecular weight excluding hydrogens is 250 g/mol. The summed E-state index contributed by atoms with van der Waals surface area (Å²) in [5, 5.41) is 19.4. The molecule has 0 aromatic heterocycles. The van der Waals surface area contributed by atoms with Crippen LogP contribution in [-0.2, 0) is 14.3 Å². The Hall–Kier alpha value is -1.51. The molecule has 0 amide bonds. The summed E-state index contributed by atoms with van der Waals surface area (Å²) >= 11 is 0. The molecule has 0 heterocycles. The van der Waals surface area contributed by atoms with Gasteiger partial charge >= 0.3 is 0 Å². The van der Waals surface area contributed by atoms with Gasteiger partial charge in [-0.15, -0.1) is 0 Å². The molecule has 1 atom stereocenters. The fraction of sp³-hybridized carbons (Fsp3) is 0.333. The van der Waals surface area contributed by atoms with Gasteiger partial charge in [-0.2, -0.15) is 8.42 Å². The number of rotatable bonds is 5. The first kappa shape index (κ1) is 13.6. The highest BCUT2D eigenvalue weighted by Crippen LogP contribution is 2.19. The van der Waals surface area contributed by atoms with E-state index in [2.05, 4.69) is 4.18 Å². The Balaban J connectivity index is 2.99. The third-order valence-corrected chi connectivity index (χ3v) is 3.06. The van der Waals surface area contributed by atoms with Crippen LogP contribution in [0.5, 0.6) is 0 Å². The van der Waals surface area contributed by atoms with Crippen LogP contribution in [0.15, 0.2) is 29.2 Å². The van der Waals surface area contributed by atoms with Gasteiger partial charge in [-0.3, -0.25) is 14.3 Å². The van der Waals surface area contributed by atoms with E-state index in [0.29, 0.717) is 0 Å². The SMILES string of the molecule is C[C@H](O)COS(=O)(=O)c1cccc([N+](=O)[O-])c1. The maximum atomic E-state index is 11.6. The van der Waals surface area contributed by atoms with Gasteiger partial charge in [-0.1, -0.05) is 6.07 Å². The number of non-ortho nitro benzene ring substituents is 1. The predicted molar refractivity (Wildman–Crippen MR) is 57.9 cm³/mol. The molecule has 0 saturated carbocycles. The minimum absolute atomic E-state index is 0.313. The van der Waals surface area contributed by atoms with E-state index in [0.717, 1.165) is 6.07 Å². The molecule has 0 radical (unpaired) electrons. The van der Waals surface area contributed by atoms with E-state index in [1.807, 2.05) is 0 Å². The van der Waals surface area contributed by atoms with E-state index in [1.165, 1.54) is 25.1 Å². The smallest absolute Gasteiger partial charge is 0.297 e. The minimum Gasteiger partial charge on any atom is -0.391 e. The van der Waals surface area contributed by atoms with Gasteiger partial charge in [0.2, 0.25) is 0 Å². The van der Waals surface area contributed by atoms with E-state index >= 15 is 0 Å². The molecule has 1 rings (SSSR count). The zero-order valence-corrected chi connectivity index (χ0v) is 9.75. The van der Waals surface area contributed by atoms with Crippen molar-refractivity contribution in [1.82, 2.24) is 0 Å². The van der Waals surface area contributed by atoms with Crippen molar-refractivity contribution in [2.24, 2.45) is 0 Å². The van der Waals surface area contributed by atoms with E-state index in [4.69, 9.17) is 5.11 Å². The first-order valence-electron chi connectivity index (χ1n) is 4.65. The van der Waals surface area contributed by atoms with Crippen molar-refractivity contribution in [1.29, 1.82) is 0 Å². The summed E-state index contributed by atoms with van der Waals surface area (Å²) in [7, 11) is -4.08. The Bertz CT molecular complexity index is 510. The molecule has 0 spiro atoms. The van der Waals surface area contributed by atoms with Crippen LogP contribution < -0.4 is 0 Å². The Morgan fingerprint density at radius 1 is 1.53 bits per heavy atom. The van der Waals surface area contributed by atoms with E-state index in [9.17, 15) is 18.5 Å². The molecule has 0 unspecified atom stereocenters. The summed E-state index contributed by atoms with van der Waals surface area (Å²) in [6.45, 7) is 0.966. The Morgan fingerprint density at radius 2 is 2.18 bits per heavy atom. The number of aliphatic hydroxyl groups is 1. The van der Waals surface area contributed by atoms with Crippen molar-refractivity contribution in [3.05, 3.63) is 34.4 Å². The van der Waals surface area contributed by atoms with Gasteiger partial charge in [0.15, 0.2) is 0 Å². The molecule has 0 bridgehead atoms. The molecule has 0 aliphatic carbocycles. The van der Waals surface area contributed by atoms with Gasteiger partial charge in [-0.05, 0) is 13.0 Å². The normalized spacial score (nSPS) is 13.3. The Morgan fingerprint density at radius 3 is 2.71 bits per heavy atom. The predicted octanol–water partition coefficient (Wildman–Crippen LogP) is 0.681. The van der Waals surface area contributed by atoms with E-state index in [-0.39, 0.29) is 10.6 Å². The van der Waals surface area contributed by atoms with Crippen LogP contribution in [0.25, 0.3) is 0 Å². The number of nitro groups is 1. The highest BCUT2D eigenvalue weighted by Gasteiger charge is 2.19. The summed E-state index contributed by atoms with van der Waals surface area (Å²) < 4.78 is 27.6. The van der Waals surface area contributed by atoms with Crippen molar-refractivity contribution in [3.63, 3.8) is 0 Å². The maximum absolute atomic E-state index is 11.6. The average molecular weight is 261 g/mol. The van der Waals surface area contributed by atoms with Crippen molar-refractivity contribution >= 4 is 15.8 Å². The molecule has 0 aliphatic heterocycles. The van der Waals surface area contributed by atoms with Crippen molar-refractivity contribution in [2.45, 2.75) is 17.9 Å². The second-order valence-electron chi connectivity index (χ2n) is 3.34. The first-order valence-corrected chi connectivity index (χ1v) is 6.05. The minimum atomic E-state index is -4.08. The lowest BCUT2D eigenvalue weighted by atomic mass is 10.3. The molecule has 0 fully saturated rings. The van der Waals surface area contributed by atoms with Crippen LogP contribution in [0, 0.1) is 10.1 Å². The van der Waals surface area contributed by atoms with Gasteiger partial charge in [-0.25, -0.2) is 0 Å². The second kappa shape index (κ2) is 5.21. The highest BCUT2D eigenvalue weighted by atomic mass is 32.2. The van der Waals surface area contributed by atoms with Crippen LogP contribution in [0.4, 0.5) is 5.69 Å². The largest absolute Gasteiger partial charge is 0.391 e. The van der Waals surface area contributed by atoms with Crippen LogP contribution in [0.2, 0.25) is 0 Å². The summed E-state index contributed by atoms with van der Waals surface area (Å²) in [6.07, 6.45) is -0.941. The second-order valence-corrected chi connectivity index (χ2v) is 4.96. The number of benzene rings is 1. The standard InChI is InChI=1S/C9H11NO6S/c1-7(11)6-16-17(14,15)9-4-2-3-8(5-9)10(12)13/h2-5,7,11H,6H2,1H3/t7-/m0/s1. The number of nitro benzene ring substituents is 1. The fourth-order valence-electron chi connectivity index (χ4n) is 1.01. The highest BCUT2D eigenvalue weighted by molar-refractivity contribution is 7.86. The quantitative estimate of drug-likeness (QED) is 0.474. The molecular formula is C9H11NO6S. The monoisotopic (exact) mass is 261 g/mol. The molecule has 0 aliphatic rings. The zero-order chi connectivity index (χ0) is 13.1. The average Bonchev–Trinajstić information content (AvgIpc) is 2.27. The van der Waals surface area contributed by atoms with Crippen LogP contribution in [0.3, 0.4) is 0 Å². The summed E-state index contributed by atoms with van der Waals surface area (Å²) in [4.78, 5) is 9.46. The van der Waals surface area contributed by atoms with Crippen LogP contribution >= 0.6 is 0 Å². The molecule has 1 aromatic rings. The van der Waals surface area contributed by atoms with Gasteiger partial charge in [0.05, 0.1) is 17.6 Å². The number of aliphatic hydroxyl groups excluding tert-OH is 1. The molecule has 94 valence electrons. The first-order chi connectivity index (χ1) is 7.83. The number of hydrogen-bond donors (Lipinski definition) is 1. The topological polar surface area (TPSA) is 107 Å². The molecule has 7 nitrogen and oxygen atoms in total. The molecule has 0 saturated heterocycles. The van der Waals surface area contributed by atoms with Gasteiger partial charge in [0, 0.05) is 12.1 Å².